The number of hydrogen-bond donors (Lipinski definition) is 1. The fraction of sp³-hybridized carbons (Fsp3) is 0.400. The van der Waals surface area contributed by atoms with Gasteiger partial charge < -0.3 is 9.47 Å². The largest absolute Gasteiger partial charge is 0.490 e. The zero-order valence-electron chi connectivity index (χ0n) is 16.0. The van der Waals surface area contributed by atoms with Crippen LogP contribution in [0.15, 0.2) is 41.3 Å². The van der Waals surface area contributed by atoms with Gasteiger partial charge in [0, 0.05) is 6.04 Å². The van der Waals surface area contributed by atoms with Crippen molar-refractivity contribution in [3.8, 4) is 11.5 Å². The fourth-order valence-electron chi connectivity index (χ4n) is 2.80. The molecule has 1 atom stereocenters. The van der Waals surface area contributed by atoms with Crippen LogP contribution in [0.3, 0.4) is 0 Å². The van der Waals surface area contributed by atoms with Gasteiger partial charge >= 0.3 is 0 Å². The van der Waals surface area contributed by atoms with E-state index in [2.05, 4.69) is 4.72 Å². The molecule has 0 bridgehead atoms. The molecule has 2 rings (SSSR count). The summed E-state index contributed by atoms with van der Waals surface area (Å²) in [6.45, 7) is 10.4. The molecule has 0 aliphatic rings. The Morgan fingerprint density at radius 2 is 1.62 bits per heavy atom. The second kappa shape index (κ2) is 8.56. The number of hydrogen-bond acceptors (Lipinski definition) is 4. The van der Waals surface area contributed by atoms with Gasteiger partial charge in [-0.25, -0.2) is 13.1 Å². The summed E-state index contributed by atoms with van der Waals surface area (Å²) < 4.78 is 39.5. The van der Waals surface area contributed by atoms with Crippen molar-refractivity contribution in [3.63, 3.8) is 0 Å². The van der Waals surface area contributed by atoms with Gasteiger partial charge in [0.25, 0.3) is 0 Å². The summed E-state index contributed by atoms with van der Waals surface area (Å²) >= 11 is 0. The highest BCUT2D eigenvalue weighted by Crippen LogP contribution is 2.31. The van der Waals surface area contributed by atoms with E-state index >= 15 is 0 Å². The van der Waals surface area contributed by atoms with E-state index in [0.717, 1.165) is 16.7 Å². The highest BCUT2D eigenvalue weighted by Gasteiger charge is 2.21. The van der Waals surface area contributed by atoms with Gasteiger partial charge in [-0.15, -0.1) is 0 Å². The van der Waals surface area contributed by atoms with E-state index < -0.39 is 16.1 Å². The van der Waals surface area contributed by atoms with Crippen LogP contribution in [0.2, 0.25) is 0 Å². The van der Waals surface area contributed by atoms with Crippen LogP contribution in [0.4, 0.5) is 0 Å². The molecule has 0 fully saturated rings. The number of nitrogens with one attached hydrogen (secondary N) is 1. The first-order valence-corrected chi connectivity index (χ1v) is 10.3. The third-order valence-electron chi connectivity index (χ3n) is 4.02. The van der Waals surface area contributed by atoms with Gasteiger partial charge in [0.15, 0.2) is 11.5 Å². The number of sulfonamides is 1. The average molecular weight is 378 g/mol. The maximum atomic E-state index is 12.8. The second-order valence-electron chi connectivity index (χ2n) is 6.18. The highest BCUT2D eigenvalue weighted by molar-refractivity contribution is 7.89. The van der Waals surface area contributed by atoms with Gasteiger partial charge in [0.05, 0.1) is 18.1 Å². The molecule has 6 heteroatoms. The van der Waals surface area contributed by atoms with Gasteiger partial charge in [-0.1, -0.05) is 23.8 Å². The fourth-order valence-corrected chi connectivity index (χ4v) is 4.26. The molecule has 2 aromatic carbocycles. The number of benzene rings is 2. The van der Waals surface area contributed by atoms with E-state index in [4.69, 9.17) is 9.47 Å². The van der Waals surface area contributed by atoms with Crippen molar-refractivity contribution < 1.29 is 17.9 Å². The SMILES string of the molecule is CCOc1ccc([C@@H](C)NS(=O)(=O)c2ccc(C)cc2C)cc1OCC. The Balaban J connectivity index is 2.28. The molecule has 1 N–H and O–H groups in total. The van der Waals surface area contributed by atoms with Crippen molar-refractivity contribution in [3.05, 3.63) is 53.1 Å². The number of rotatable bonds is 8. The van der Waals surface area contributed by atoms with Crippen molar-refractivity contribution in [2.24, 2.45) is 0 Å². The van der Waals surface area contributed by atoms with Crippen molar-refractivity contribution in [1.29, 1.82) is 0 Å². The van der Waals surface area contributed by atoms with Crippen LogP contribution in [0.1, 0.15) is 43.5 Å². The zero-order chi connectivity index (χ0) is 19.3. The summed E-state index contributed by atoms with van der Waals surface area (Å²) in [5.74, 6) is 1.27. The molecule has 26 heavy (non-hydrogen) atoms. The Bertz CT molecular complexity index is 862. The molecule has 0 aliphatic carbocycles. The normalized spacial score (nSPS) is 12.7. The maximum absolute atomic E-state index is 12.8. The molecule has 142 valence electrons. The molecule has 0 amide bonds. The maximum Gasteiger partial charge on any atom is 0.241 e. The lowest BCUT2D eigenvalue weighted by atomic mass is 10.1. The van der Waals surface area contributed by atoms with Crippen molar-refractivity contribution in [2.45, 2.75) is 45.6 Å². The lowest BCUT2D eigenvalue weighted by Gasteiger charge is -2.18. The van der Waals surface area contributed by atoms with Crippen LogP contribution in [0.5, 0.6) is 11.5 Å². The molecule has 0 spiro atoms. The molecule has 0 saturated heterocycles. The molecular formula is C20H27NO4S. The minimum absolute atomic E-state index is 0.297. The zero-order valence-corrected chi connectivity index (χ0v) is 16.8. The summed E-state index contributed by atoms with van der Waals surface area (Å²) in [6, 6.07) is 10.4. The molecular weight excluding hydrogens is 350 g/mol. The third kappa shape index (κ3) is 4.77. The molecule has 0 radical (unpaired) electrons. The molecule has 2 aromatic rings. The molecule has 0 saturated carbocycles. The number of aryl methyl sites for hydroxylation is 2. The van der Waals surface area contributed by atoms with Crippen molar-refractivity contribution >= 4 is 10.0 Å². The van der Waals surface area contributed by atoms with Crippen LogP contribution >= 0.6 is 0 Å². The van der Waals surface area contributed by atoms with Gasteiger partial charge in [0.1, 0.15) is 0 Å². The van der Waals surface area contributed by atoms with E-state index in [1.54, 1.807) is 19.1 Å². The lowest BCUT2D eigenvalue weighted by Crippen LogP contribution is -2.27. The molecule has 5 nitrogen and oxygen atoms in total. The summed E-state index contributed by atoms with van der Waals surface area (Å²) in [6.07, 6.45) is 0. The minimum Gasteiger partial charge on any atom is -0.490 e. The van der Waals surface area contributed by atoms with Crippen LogP contribution in [-0.2, 0) is 10.0 Å². The van der Waals surface area contributed by atoms with Crippen LogP contribution in [-0.4, -0.2) is 21.6 Å². The Morgan fingerprint density at radius 1 is 0.962 bits per heavy atom. The summed E-state index contributed by atoms with van der Waals surface area (Å²) in [5.41, 5.74) is 2.57. The predicted molar refractivity (Wildman–Crippen MR) is 103 cm³/mol. The van der Waals surface area contributed by atoms with Gasteiger partial charge in [-0.3, -0.25) is 0 Å². The topological polar surface area (TPSA) is 64.6 Å². The molecule has 0 unspecified atom stereocenters. The predicted octanol–water partition coefficient (Wildman–Crippen LogP) is 4.14. The smallest absolute Gasteiger partial charge is 0.241 e. The Hall–Kier alpha value is -2.05. The summed E-state index contributed by atoms with van der Waals surface area (Å²) in [5, 5.41) is 0. The third-order valence-corrected chi connectivity index (χ3v) is 5.72. The van der Waals surface area contributed by atoms with Crippen molar-refractivity contribution in [1.82, 2.24) is 4.72 Å². The lowest BCUT2D eigenvalue weighted by molar-refractivity contribution is 0.287. The summed E-state index contributed by atoms with van der Waals surface area (Å²) in [7, 11) is -3.62. The van der Waals surface area contributed by atoms with Crippen LogP contribution < -0.4 is 14.2 Å². The average Bonchev–Trinajstić information content (AvgIpc) is 2.56. The van der Waals surface area contributed by atoms with E-state index in [0.29, 0.717) is 29.6 Å². The first kappa shape index (κ1) is 20.3. The first-order valence-electron chi connectivity index (χ1n) is 8.77. The quantitative estimate of drug-likeness (QED) is 0.751. The summed E-state index contributed by atoms with van der Waals surface area (Å²) in [4.78, 5) is 0.297. The van der Waals surface area contributed by atoms with E-state index in [9.17, 15) is 8.42 Å². The number of ether oxygens (including phenoxy) is 2. The molecule has 0 aliphatic heterocycles. The Kier molecular flexibility index (Phi) is 6.67. The molecule has 0 aromatic heterocycles. The van der Waals surface area contributed by atoms with Crippen LogP contribution in [0, 0.1) is 13.8 Å². The monoisotopic (exact) mass is 377 g/mol. The van der Waals surface area contributed by atoms with E-state index in [1.807, 2.05) is 52.0 Å². The van der Waals surface area contributed by atoms with E-state index in [1.165, 1.54) is 0 Å². The van der Waals surface area contributed by atoms with Crippen LogP contribution in [0.25, 0.3) is 0 Å². The molecule has 0 heterocycles. The van der Waals surface area contributed by atoms with Gasteiger partial charge in [-0.2, -0.15) is 0 Å². The van der Waals surface area contributed by atoms with Crippen molar-refractivity contribution in [2.75, 3.05) is 13.2 Å². The minimum atomic E-state index is -3.62. The van der Waals surface area contributed by atoms with Gasteiger partial charge in [0.2, 0.25) is 10.0 Å². The Morgan fingerprint density at radius 3 is 2.23 bits per heavy atom. The second-order valence-corrected chi connectivity index (χ2v) is 7.87. The first-order chi connectivity index (χ1) is 12.3. The highest BCUT2D eigenvalue weighted by atomic mass is 32.2. The van der Waals surface area contributed by atoms with E-state index in [-0.39, 0.29) is 0 Å². The van der Waals surface area contributed by atoms with Gasteiger partial charge in [-0.05, 0) is 63.9 Å². The Labute approximate surface area is 156 Å². The standard InChI is InChI=1S/C20H27NO4S/c1-6-24-18-10-9-17(13-19(18)25-7-2)16(5)21-26(22,23)20-11-8-14(3)12-15(20)4/h8-13,16,21H,6-7H2,1-5H3/t16-/m1/s1.